The molecule has 0 spiro atoms. The number of nitrogens with one attached hydrogen (secondary N) is 3. The Morgan fingerprint density at radius 2 is 1.59 bits per heavy atom. The predicted molar refractivity (Wildman–Crippen MR) is 121 cm³/mol. The summed E-state index contributed by atoms with van der Waals surface area (Å²) in [5.74, 6) is -0.0974. The van der Waals surface area contributed by atoms with E-state index >= 15 is 0 Å². The topological polar surface area (TPSA) is 121 Å². The molecule has 2 rings (SSSR count). The second kappa shape index (κ2) is 13.6. The normalized spacial score (nSPS) is 17.8. The second-order valence-electron chi connectivity index (χ2n) is 8.00. The molecule has 3 amide bonds. The minimum Gasteiger partial charge on any atom is -0.356 e. The number of rotatable bonds is 12. The van der Waals surface area contributed by atoms with Gasteiger partial charge in [0.1, 0.15) is 5.88 Å². The van der Waals surface area contributed by atoms with Gasteiger partial charge < -0.3 is 16.0 Å². The third kappa shape index (κ3) is 8.42. The number of carbonyl (C=O) groups is 5. The summed E-state index contributed by atoms with van der Waals surface area (Å²) < 4.78 is 0. The van der Waals surface area contributed by atoms with Crippen LogP contribution in [0.4, 0.5) is 0 Å². The largest absolute Gasteiger partial charge is 0.356 e. The highest BCUT2D eigenvalue weighted by Crippen LogP contribution is 2.28. The zero-order valence-corrected chi connectivity index (χ0v) is 18.8. The fraction of sp³-hybridized carbons (Fsp3) is 0.522. The van der Waals surface area contributed by atoms with Gasteiger partial charge in [-0.15, -0.1) is 11.6 Å². The summed E-state index contributed by atoms with van der Waals surface area (Å²) >= 11 is 5.39. The first-order valence-corrected chi connectivity index (χ1v) is 11.4. The Balaban J connectivity index is 1.63. The van der Waals surface area contributed by atoms with Crippen molar-refractivity contribution in [2.45, 2.75) is 38.5 Å². The van der Waals surface area contributed by atoms with Gasteiger partial charge in [-0.25, -0.2) is 0 Å². The van der Waals surface area contributed by atoms with E-state index in [4.69, 9.17) is 11.6 Å². The van der Waals surface area contributed by atoms with Gasteiger partial charge in [0, 0.05) is 43.1 Å². The number of halogens is 1. The van der Waals surface area contributed by atoms with Crippen LogP contribution in [-0.2, 0) is 20.8 Å². The molecule has 0 unspecified atom stereocenters. The molecule has 32 heavy (non-hydrogen) atoms. The maximum absolute atomic E-state index is 12.2. The molecule has 1 saturated carbocycles. The van der Waals surface area contributed by atoms with Gasteiger partial charge in [-0.05, 0) is 49.7 Å². The van der Waals surface area contributed by atoms with E-state index in [-0.39, 0.29) is 29.5 Å². The van der Waals surface area contributed by atoms with E-state index < -0.39 is 0 Å². The summed E-state index contributed by atoms with van der Waals surface area (Å²) in [6.07, 6.45) is 5.37. The number of hydrogen-bond donors (Lipinski definition) is 3. The number of carbonyl (C=O) groups excluding carboxylic acids is 5. The number of benzene rings is 1. The van der Waals surface area contributed by atoms with Crippen molar-refractivity contribution in [1.29, 1.82) is 0 Å². The second-order valence-corrected chi connectivity index (χ2v) is 8.26. The molecule has 8 nitrogen and oxygen atoms in total. The van der Waals surface area contributed by atoms with E-state index in [1.807, 2.05) is 0 Å². The Morgan fingerprint density at radius 3 is 2.25 bits per heavy atom. The first-order chi connectivity index (χ1) is 15.5. The molecule has 1 aliphatic rings. The molecular weight excluding hydrogens is 434 g/mol. The molecule has 0 bridgehead atoms. The van der Waals surface area contributed by atoms with Gasteiger partial charge in [0.05, 0.1) is 0 Å². The van der Waals surface area contributed by atoms with Crippen molar-refractivity contribution >= 4 is 41.9 Å². The molecule has 0 aliphatic heterocycles. The van der Waals surface area contributed by atoms with E-state index in [0.717, 1.165) is 31.2 Å². The minimum absolute atomic E-state index is 0.00268. The Kier molecular flexibility index (Phi) is 10.9. The van der Waals surface area contributed by atoms with Crippen LogP contribution in [0.25, 0.3) is 0 Å². The zero-order chi connectivity index (χ0) is 23.3. The van der Waals surface area contributed by atoms with Crippen LogP contribution in [0.3, 0.4) is 0 Å². The minimum atomic E-state index is -0.259. The van der Waals surface area contributed by atoms with Crippen LogP contribution in [0, 0.1) is 11.8 Å². The smallest absolute Gasteiger partial charge is 0.234 e. The van der Waals surface area contributed by atoms with Crippen LogP contribution in [0.15, 0.2) is 18.2 Å². The standard InChI is InChI=1S/C23H30ClN3O5/c24-12-22(31)25-9-10-26-23(32)18-5-2-17(3-6-18)13-27-21(30)8-4-16-1-7-19(14-28)20(11-16)15-29/h1,7,11,14-15,17-18H,2-6,8-10,12-13H2,(H,25,31)(H,26,32)(H,27,30)/t17-,18-. The number of alkyl halides is 1. The monoisotopic (exact) mass is 463 g/mol. The van der Waals surface area contributed by atoms with Crippen molar-refractivity contribution in [3.63, 3.8) is 0 Å². The van der Waals surface area contributed by atoms with Gasteiger partial charge in [-0.1, -0.05) is 12.1 Å². The summed E-state index contributed by atoms with van der Waals surface area (Å²) in [4.78, 5) is 57.4. The van der Waals surface area contributed by atoms with E-state index in [9.17, 15) is 24.0 Å². The molecule has 0 atom stereocenters. The van der Waals surface area contributed by atoms with E-state index in [1.54, 1.807) is 18.2 Å². The Bertz CT molecular complexity index is 822. The molecule has 0 radical (unpaired) electrons. The van der Waals surface area contributed by atoms with Crippen LogP contribution in [0.5, 0.6) is 0 Å². The van der Waals surface area contributed by atoms with Crippen molar-refractivity contribution in [2.24, 2.45) is 11.8 Å². The maximum Gasteiger partial charge on any atom is 0.234 e. The lowest BCUT2D eigenvalue weighted by Gasteiger charge is -2.28. The molecule has 174 valence electrons. The Hall–Kier alpha value is -2.74. The Labute approximate surface area is 192 Å². The molecule has 1 aromatic carbocycles. The number of aryl methyl sites for hydroxylation is 1. The van der Waals surface area contributed by atoms with Crippen LogP contribution in [0.1, 0.15) is 58.4 Å². The molecule has 1 aromatic rings. The van der Waals surface area contributed by atoms with Crippen LogP contribution in [-0.4, -0.2) is 55.8 Å². The average Bonchev–Trinajstić information content (AvgIpc) is 2.83. The highest BCUT2D eigenvalue weighted by molar-refractivity contribution is 6.27. The fourth-order valence-corrected chi connectivity index (χ4v) is 3.90. The summed E-state index contributed by atoms with van der Waals surface area (Å²) in [5.41, 5.74) is 1.51. The first kappa shape index (κ1) is 25.5. The summed E-state index contributed by atoms with van der Waals surface area (Å²) in [6.45, 7) is 1.32. The predicted octanol–water partition coefficient (Wildman–Crippen LogP) is 1.64. The lowest BCUT2D eigenvalue weighted by molar-refractivity contribution is -0.126. The molecule has 1 aliphatic carbocycles. The van der Waals surface area contributed by atoms with Crippen LogP contribution >= 0.6 is 11.6 Å². The summed E-state index contributed by atoms with van der Waals surface area (Å²) in [5, 5.41) is 8.40. The van der Waals surface area contributed by atoms with E-state index in [1.165, 1.54) is 0 Å². The van der Waals surface area contributed by atoms with Gasteiger partial charge in [-0.2, -0.15) is 0 Å². The van der Waals surface area contributed by atoms with E-state index in [0.29, 0.717) is 62.1 Å². The first-order valence-electron chi connectivity index (χ1n) is 10.9. The van der Waals surface area contributed by atoms with Crippen molar-refractivity contribution in [3.8, 4) is 0 Å². The molecule has 0 heterocycles. The van der Waals surface area contributed by atoms with E-state index in [2.05, 4.69) is 16.0 Å². The van der Waals surface area contributed by atoms with Gasteiger partial charge >= 0.3 is 0 Å². The number of aldehydes is 2. The van der Waals surface area contributed by atoms with Crippen LogP contribution in [0.2, 0.25) is 0 Å². The lowest BCUT2D eigenvalue weighted by atomic mass is 9.81. The van der Waals surface area contributed by atoms with Gasteiger partial charge in [0.2, 0.25) is 17.7 Å². The van der Waals surface area contributed by atoms with Crippen molar-refractivity contribution in [1.82, 2.24) is 16.0 Å². The summed E-state index contributed by atoms with van der Waals surface area (Å²) in [6, 6.07) is 4.98. The SMILES string of the molecule is O=Cc1ccc(CCC(=O)NC[C@H]2CC[C@H](C(=O)NCCNC(=O)CCl)CC2)cc1C=O. The molecule has 0 saturated heterocycles. The molecule has 9 heteroatoms. The van der Waals surface area contributed by atoms with Crippen molar-refractivity contribution in [3.05, 3.63) is 34.9 Å². The molecular formula is C23H30ClN3O5. The van der Waals surface area contributed by atoms with Gasteiger partial charge in [-0.3, -0.25) is 24.0 Å². The van der Waals surface area contributed by atoms with Crippen molar-refractivity contribution < 1.29 is 24.0 Å². The zero-order valence-electron chi connectivity index (χ0n) is 18.0. The fourth-order valence-electron chi connectivity index (χ4n) is 3.80. The van der Waals surface area contributed by atoms with Gasteiger partial charge in [0.15, 0.2) is 12.6 Å². The van der Waals surface area contributed by atoms with Crippen molar-refractivity contribution in [2.75, 3.05) is 25.5 Å². The molecule has 1 fully saturated rings. The quantitative estimate of drug-likeness (QED) is 0.247. The van der Waals surface area contributed by atoms with Gasteiger partial charge in [0.25, 0.3) is 0 Å². The molecule has 3 N–H and O–H groups in total. The highest BCUT2D eigenvalue weighted by Gasteiger charge is 2.26. The Morgan fingerprint density at radius 1 is 0.906 bits per heavy atom. The number of hydrogen-bond acceptors (Lipinski definition) is 5. The molecule has 0 aromatic heterocycles. The average molecular weight is 464 g/mol. The maximum atomic E-state index is 12.2. The van der Waals surface area contributed by atoms with Crippen LogP contribution < -0.4 is 16.0 Å². The number of amides is 3. The third-order valence-corrected chi connectivity index (χ3v) is 5.96. The highest BCUT2D eigenvalue weighted by atomic mass is 35.5. The lowest BCUT2D eigenvalue weighted by Crippen LogP contribution is -2.39. The third-order valence-electron chi connectivity index (χ3n) is 5.72. The summed E-state index contributed by atoms with van der Waals surface area (Å²) in [7, 11) is 0.